The van der Waals surface area contributed by atoms with Gasteiger partial charge in [-0.05, 0) is 24.1 Å². The topological polar surface area (TPSA) is 49.0 Å². The third kappa shape index (κ3) is 1.67. The molecule has 1 atom stereocenters. The Balaban J connectivity index is 1.93. The van der Waals surface area contributed by atoms with Gasteiger partial charge in [0.15, 0.2) is 0 Å². The maximum Gasteiger partial charge on any atom is 0.400 e. The van der Waals surface area contributed by atoms with E-state index in [1.807, 2.05) is 18.3 Å². The Hall–Kier alpha value is -1.91. The number of amides is 1. The molecule has 3 heterocycles. The number of pyridine rings is 1. The Kier molecular flexibility index (Phi) is 2.31. The highest BCUT2D eigenvalue weighted by Gasteiger charge is 2.28. The summed E-state index contributed by atoms with van der Waals surface area (Å²) in [5, 5.41) is 1.06. The number of hydrogen-bond acceptors (Lipinski definition) is 2. The second-order valence-corrected chi connectivity index (χ2v) is 4.33. The number of carbonyl (C=O) groups is 1. The summed E-state index contributed by atoms with van der Waals surface area (Å²) in [6, 6.07) is 3.88. The molecule has 17 heavy (non-hydrogen) atoms. The number of fused-ring (bicyclic) bond motifs is 1. The first-order chi connectivity index (χ1) is 8.25. The second kappa shape index (κ2) is 3.84. The van der Waals surface area contributed by atoms with Gasteiger partial charge in [-0.2, -0.15) is 0 Å². The van der Waals surface area contributed by atoms with Gasteiger partial charge in [0, 0.05) is 36.8 Å². The quantitative estimate of drug-likeness (QED) is 0.607. The highest BCUT2D eigenvalue weighted by molar-refractivity contribution is 5.80. The number of carbonyl (C=O) groups excluding carboxylic acids is 1. The molecule has 1 N–H and O–H groups in total. The Morgan fingerprint density at radius 1 is 1.59 bits per heavy atom. The van der Waals surface area contributed by atoms with Gasteiger partial charge < -0.3 is 9.88 Å². The number of likely N-dealkylation sites (tertiary alicyclic amines) is 1. The first-order valence-electron chi connectivity index (χ1n) is 5.62. The Labute approximate surface area is 97.4 Å². The molecular formula is C12H12FN3O. The number of hydrogen-bond donors (Lipinski definition) is 1. The van der Waals surface area contributed by atoms with Crippen LogP contribution >= 0.6 is 0 Å². The molecule has 4 nitrogen and oxygen atoms in total. The van der Waals surface area contributed by atoms with E-state index in [1.165, 1.54) is 4.90 Å². The molecule has 3 rings (SSSR count). The molecule has 1 saturated heterocycles. The summed E-state index contributed by atoms with van der Waals surface area (Å²) >= 11 is 0. The van der Waals surface area contributed by atoms with Crippen molar-refractivity contribution in [3.8, 4) is 0 Å². The zero-order chi connectivity index (χ0) is 11.8. The average Bonchev–Trinajstić information content (AvgIpc) is 2.95. The monoisotopic (exact) mass is 233 g/mol. The smallest absolute Gasteiger partial charge is 0.346 e. The van der Waals surface area contributed by atoms with Crippen molar-refractivity contribution in [2.75, 3.05) is 13.1 Å². The molecule has 0 aliphatic carbocycles. The first-order valence-corrected chi connectivity index (χ1v) is 5.62. The van der Waals surface area contributed by atoms with Crippen molar-refractivity contribution in [2.24, 2.45) is 0 Å². The number of aromatic nitrogens is 2. The van der Waals surface area contributed by atoms with Crippen LogP contribution in [0.5, 0.6) is 0 Å². The predicted octanol–water partition coefficient (Wildman–Crippen LogP) is 2.44. The van der Waals surface area contributed by atoms with Crippen molar-refractivity contribution in [1.29, 1.82) is 0 Å². The lowest BCUT2D eigenvalue weighted by Crippen LogP contribution is -2.23. The van der Waals surface area contributed by atoms with E-state index in [2.05, 4.69) is 9.97 Å². The molecular weight excluding hydrogens is 221 g/mol. The normalized spacial score (nSPS) is 20.1. The van der Waals surface area contributed by atoms with Crippen molar-refractivity contribution >= 4 is 17.2 Å². The number of nitrogens with one attached hydrogen (secondary N) is 1. The lowest BCUT2D eigenvalue weighted by atomic mass is 9.99. The third-order valence-electron chi connectivity index (χ3n) is 3.36. The fourth-order valence-electron chi connectivity index (χ4n) is 2.49. The van der Waals surface area contributed by atoms with Crippen LogP contribution in [0.4, 0.5) is 9.18 Å². The molecule has 5 heteroatoms. The van der Waals surface area contributed by atoms with E-state index in [9.17, 15) is 9.18 Å². The number of halogens is 1. The van der Waals surface area contributed by atoms with Crippen molar-refractivity contribution in [1.82, 2.24) is 14.9 Å². The Bertz CT molecular complexity index is 566. The van der Waals surface area contributed by atoms with Gasteiger partial charge in [-0.3, -0.25) is 0 Å². The summed E-state index contributed by atoms with van der Waals surface area (Å²) < 4.78 is 12.6. The lowest BCUT2D eigenvalue weighted by molar-refractivity contribution is 0.185. The Morgan fingerprint density at radius 3 is 3.24 bits per heavy atom. The van der Waals surface area contributed by atoms with Gasteiger partial charge in [0.05, 0.1) is 0 Å². The van der Waals surface area contributed by atoms with Gasteiger partial charge >= 0.3 is 6.16 Å². The zero-order valence-electron chi connectivity index (χ0n) is 9.19. The van der Waals surface area contributed by atoms with Gasteiger partial charge in [0.1, 0.15) is 5.65 Å². The van der Waals surface area contributed by atoms with Crippen LogP contribution in [-0.2, 0) is 0 Å². The molecule has 2 aromatic heterocycles. The molecule has 1 aliphatic heterocycles. The van der Waals surface area contributed by atoms with Crippen LogP contribution in [0.15, 0.2) is 24.5 Å². The van der Waals surface area contributed by atoms with Gasteiger partial charge in [-0.25, -0.2) is 9.78 Å². The molecule has 1 aliphatic rings. The zero-order valence-corrected chi connectivity index (χ0v) is 9.19. The third-order valence-corrected chi connectivity index (χ3v) is 3.36. The molecule has 0 radical (unpaired) electrons. The molecule has 0 saturated carbocycles. The van der Waals surface area contributed by atoms with E-state index in [0.29, 0.717) is 13.1 Å². The minimum atomic E-state index is -1.33. The molecule has 0 spiro atoms. The predicted molar refractivity (Wildman–Crippen MR) is 61.5 cm³/mol. The van der Waals surface area contributed by atoms with Crippen molar-refractivity contribution < 1.29 is 9.18 Å². The highest BCUT2D eigenvalue weighted by atomic mass is 19.1. The fourth-order valence-corrected chi connectivity index (χ4v) is 2.49. The lowest BCUT2D eigenvalue weighted by Gasteiger charge is -2.10. The number of aromatic amines is 1. The van der Waals surface area contributed by atoms with Crippen LogP contribution in [-0.4, -0.2) is 34.1 Å². The van der Waals surface area contributed by atoms with E-state index in [0.717, 1.165) is 23.0 Å². The van der Waals surface area contributed by atoms with Gasteiger partial charge in [0.2, 0.25) is 0 Å². The van der Waals surface area contributed by atoms with Crippen LogP contribution in [0.1, 0.15) is 17.9 Å². The SMILES string of the molecule is O=C(F)N1CCC(c2c[nH]c3ncccc23)C1. The summed E-state index contributed by atoms with van der Waals surface area (Å²) in [6.07, 6.45) is 3.12. The van der Waals surface area contributed by atoms with Crippen LogP contribution in [0.25, 0.3) is 11.0 Å². The molecule has 2 aromatic rings. The minimum absolute atomic E-state index is 0.202. The van der Waals surface area contributed by atoms with Crippen molar-refractivity contribution in [3.63, 3.8) is 0 Å². The fraction of sp³-hybridized carbons (Fsp3) is 0.333. The van der Waals surface area contributed by atoms with Crippen molar-refractivity contribution in [2.45, 2.75) is 12.3 Å². The maximum absolute atomic E-state index is 12.6. The highest BCUT2D eigenvalue weighted by Crippen LogP contribution is 2.31. The molecule has 1 fully saturated rings. The summed E-state index contributed by atoms with van der Waals surface area (Å²) in [7, 11) is 0. The van der Waals surface area contributed by atoms with E-state index >= 15 is 0 Å². The van der Waals surface area contributed by atoms with E-state index < -0.39 is 6.16 Å². The minimum Gasteiger partial charge on any atom is -0.346 e. The molecule has 0 bridgehead atoms. The average molecular weight is 233 g/mol. The Morgan fingerprint density at radius 2 is 2.47 bits per heavy atom. The summed E-state index contributed by atoms with van der Waals surface area (Å²) in [5.74, 6) is 0.202. The number of nitrogens with zero attached hydrogens (tertiary/aromatic N) is 2. The van der Waals surface area contributed by atoms with Crippen LogP contribution in [0, 0.1) is 0 Å². The second-order valence-electron chi connectivity index (χ2n) is 4.33. The molecule has 1 amide bonds. The molecule has 0 aromatic carbocycles. The summed E-state index contributed by atoms with van der Waals surface area (Å²) in [5.41, 5.74) is 1.96. The van der Waals surface area contributed by atoms with Crippen LogP contribution < -0.4 is 0 Å². The van der Waals surface area contributed by atoms with E-state index in [-0.39, 0.29) is 5.92 Å². The molecule has 88 valence electrons. The maximum atomic E-state index is 12.6. The van der Waals surface area contributed by atoms with Gasteiger partial charge in [0.25, 0.3) is 0 Å². The molecule has 1 unspecified atom stereocenters. The largest absolute Gasteiger partial charge is 0.400 e. The van der Waals surface area contributed by atoms with Crippen LogP contribution in [0.3, 0.4) is 0 Å². The first kappa shape index (κ1) is 10.3. The number of H-pyrrole nitrogens is 1. The summed E-state index contributed by atoms with van der Waals surface area (Å²) in [6.45, 7) is 0.949. The standard InChI is InChI=1S/C12H12FN3O/c13-12(17)16-5-3-8(7-16)10-6-15-11-9(10)2-1-4-14-11/h1-2,4,6,8H,3,5,7H2,(H,14,15). The van der Waals surface area contributed by atoms with Gasteiger partial charge in [-0.15, -0.1) is 4.39 Å². The van der Waals surface area contributed by atoms with Crippen LogP contribution in [0.2, 0.25) is 0 Å². The van der Waals surface area contributed by atoms with E-state index in [4.69, 9.17) is 0 Å². The van der Waals surface area contributed by atoms with E-state index in [1.54, 1.807) is 6.20 Å². The van der Waals surface area contributed by atoms with Crippen molar-refractivity contribution in [3.05, 3.63) is 30.1 Å². The number of rotatable bonds is 1. The van der Waals surface area contributed by atoms with Gasteiger partial charge in [-0.1, -0.05) is 0 Å². The summed E-state index contributed by atoms with van der Waals surface area (Å²) in [4.78, 5) is 19.2.